The van der Waals surface area contributed by atoms with Gasteiger partial charge in [-0.3, -0.25) is 4.79 Å². The summed E-state index contributed by atoms with van der Waals surface area (Å²) in [7, 11) is 1.57. The monoisotopic (exact) mass is 271 g/mol. The number of ketones is 1. The number of rotatable bonds is 5. The highest BCUT2D eigenvalue weighted by Crippen LogP contribution is 2.12. The van der Waals surface area contributed by atoms with Gasteiger partial charge in [0, 0.05) is 23.5 Å². The zero-order chi connectivity index (χ0) is 14.4. The van der Waals surface area contributed by atoms with Crippen LogP contribution in [0.2, 0.25) is 0 Å². The molecule has 4 heteroatoms. The van der Waals surface area contributed by atoms with Crippen LogP contribution in [0.5, 0.6) is 5.75 Å². The van der Waals surface area contributed by atoms with E-state index in [4.69, 9.17) is 4.74 Å². The molecule has 0 aliphatic rings. The lowest BCUT2D eigenvalue weighted by Crippen LogP contribution is -1.96. The Morgan fingerprint density at radius 3 is 2.35 bits per heavy atom. The highest BCUT2D eigenvalue weighted by molar-refractivity contribution is 6.04. The molecule has 0 aromatic heterocycles. The van der Waals surface area contributed by atoms with E-state index in [1.54, 1.807) is 43.5 Å². The molecule has 0 saturated carbocycles. The van der Waals surface area contributed by atoms with E-state index in [2.05, 4.69) is 5.32 Å². The molecule has 102 valence electrons. The van der Waals surface area contributed by atoms with Gasteiger partial charge in [-0.25, -0.2) is 4.39 Å². The largest absolute Gasteiger partial charge is 0.497 e. The van der Waals surface area contributed by atoms with Crippen molar-refractivity contribution in [2.75, 3.05) is 12.4 Å². The van der Waals surface area contributed by atoms with Crippen LogP contribution in [0.4, 0.5) is 10.1 Å². The maximum absolute atomic E-state index is 12.7. The van der Waals surface area contributed by atoms with Crippen LogP contribution in [0.1, 0.15) is 10.4 Å². The Kier molecular flexibility index (Phi) is 4.50. The molecule has 0 radical (unpaired) electrons. The molecule has 0 atom stereocenters. The van der Waals surface area contributed by atoms with Crippen LogP contribution in [0.3, 0.4) is 0 Å². The van der Waals surface area contributed by atoms with Crippen molar-refractivity contribution in [3.63, 3.8) is 0 Å². The number of anilines is 1. The van der Waals surface area contributed by atoms with E-state index in [0.29, 0.717) is 17.0 Å². The van der Waals surface area contributed by atoms with Crippen molar-refractivity contribution < 1.29 is 13.9 Å². The summed E-state index contributed by atoms with van der Waals surface area (Å²) in [4.78, 5) is 11.9. The van der Waals surface area contributed by atoms with Crippen LogP contribution >= 0.6 is 0 Å². The Labute approximate surface area is 116 Å². The Bertz CT molecular complexity index is 603. The molecule has 3 nitrogen and oxygen atoms in total. The second-order valence-corrected chi connectivity index (χ2v) is 4.08. The Morgan fingerprint density at radius 1 is 1.10 bits per heavy atom. The Morgan fingerprint density at radius 2 is 1.75 bits per heavy atom. The number of hydrogen-bond acceptors (Lipinski definition) is 3. The predicted octanol–water partition coefficient (Wildman–Crippen LogP) is 3.64. The van der Waals surface area contributed by atoms with Gasteiger partial charge in [0.2, 0.25) is 0 Å². The molecule has 1 N–H and O–H groups in total. The fraction of sp³-hybridized carbons (Fsp3) is 0.0625. The summed E-state index contributed by atoms with van der Waals surface area (Å²) in [5, 5.41) is 2.90. The molecule has 0 unspecified atom stereocenters. The number of methoxy groups -OCH3 is 1. The number of hydrogen-bond donors (Lipinski definition) is 1. The van der Waals surface area contributed by atoms with Crippen molar-refractivity contribution in [3.05, 3.63) is 72.2 Å². The summed E-state index contributed by atoms with van der Waals surface area (Å²) < 4.78 is 17.7. The molecule has 0 heterocycles. The lowest BCUT2D eigenvalue weighted by atomic mass is 10.1. The molecule has 2 aromatic rings. The zero-order valence-electron chi connectivity index (χ0n) is 11.0. The van der Waals surface area contributed by atoms with Gasteiger partial charge < -0.3 is 10.1 Å². The van der Waals surface area contributed by atoms with Gasteiger partial charge in [0.1, 0.15) is 11.6 Å². The van der Waals surface area contributed by atoms with E-state index in [1.165, 1.54) is 24.4 Å². The topological polar surface area (TPSA) is 38.3 Å². The molecule has 0 bridgehead atoms. The second-order valence-electron chi connectivity index (χ2n) is 4.08. The number of nitrogens with one attached hydrogen (secondary N) is 1. The quantitative estimate of drug-likeness (QED) is 0.666. The molecule has 0 fully saturated rings. The van der Waals surface area contributed by atoms with Crippen LogP contribution in [0.25, 0.3) is 0 Å². The van der Waals surface area contributed by atoms with Crippen molar-refractivity contribution in [1.82, 2.24) is 0 Å². The Balaban J connectivity index is 1.96. The molecule has 20 heavy (non-hydrogen) atoms. The summed E-state index contributed by atoms with van der Waals surface area (Å²) >= 11 is 0. The minimum atomic E-state index is -0.297. The average Bonchev–Trinajstić information content (AvgIpc) is 2.49. The van der Waals surface area contributed by atoms with Crippen molar-refractivity contribution in [3.8, 4) is 5.75 Å². The van der Waals surface area contributed by atoms with Gasteiger partial charge in [-0.2, -0.15) is 0 Å². The Hall–Kier alpha value is -2.62. The van der Waals surface area contributed by atoms with Gasteiger partial charge in [-0.15, -0.1) is 0 Å². The van der Waals surface area contributed by atoms with Gasteiger partial charge in [-0.05, 0) is 48.5 Å². The molecule has 0 saturated heterocycles. The summed E-state index contributed by atoms with van der Waals surface area (Å²) in [6.07, 6.45) is 2.95. The first-order valence-corrected chi connectivity index (χ1v) is 6.06. The molecule has 0 amide bonds. The van der Waals surface area contributed by atoms with E-state index in [1.807, 2.05) is 0 Å². The van der Waals surface area contributed by atoms with E-state index >= 15 is 0 Å². The summed E-state index contributed by atoms with van der Waals surface area (Å²) in [6, 6.07) is 12.7. The van der Waals surface area contributed by atoms with Gasteiger partial charge in [0.05, 0.1) is 7.11 Å². The second kappa shape index (κ2) is 6.52. The van der Waals surface area contributed by atoms with Crippen LogP contribution < -0.4 is 10.1 Å². The molecule has 0 spiro atoms. The summed E-state index contributed by atoms with van der Waals surface area (Å²) in [6.45, 7) is 0. The third-order valence-electron chi connectivity index (χ3n) is 2.70. The molecule has 2 rings (SSSR count). The molecular weight excluding hydrogens is 257 g/mol. The maximum Gasteiger partial charge on any atom is 0.187 e. The first-order chi connectivity index (χ1) is 9.69. The lowest BCUT2D eigenvalue weighted by molar-refractivity contribution is 0.104. The molecular formula is C16H14FNO2. The van der Waals surface area contributed by atoms with E-state index < -0.39 is 0 Å². The molecule has 2 aromatic carbocycles. The fourth-order valence-electron chi connectivity index (χ4n) is 1.61. The number of allylic oxidation sites excluding steroid dienone is 1. The smallest absolute Gasteiger partial charge is 0.187 e. The highest BCUT2D eigenvalue weighted by Gasteiger charge is 2.01. The zero-order valence-corrected chi connectivity index (χ0v) is 11.0. The van der Waals surface area contributed by atoms with Crippen LogP contribution in [0, 0.1) is 5.82 Å². The molecule has 0 aliphatic heterocycles. The number of carbonyl (C=O) groups excluding carboxylic acids is 1. The van der Waals surface area contributed by atoms with E-state index in [9.17, 15) is 9.18 Å². The lowest BCUT2D eigenvalue weighted by Gasteiger charge is -2.01. The predicted molar refractivity (Wildman–Crippen MR) is 76.5 cm³/mol. The van der Waals surface area contributed by atoms with Crippen molar-refractivity contribution in [2.45, 2.75) is 0 Å². The van der Waals surface area contributed by atoms with Gasteiger partial charge in [0.15, 0.2) is 5.78 Å². The fourth-order valence-corrected chi connectivity index (χ4v) is 1.61. The van der Waals surface area contributed by atoms with Crippen molar-refractivity contribution in [2.24, 2.45) is 0 Å². The van der Waals surface area contributed by atoms with Crippen molar-refractivity contribution in [1.29, 1.82) is 0 Å². The first-order valence-electron chi connectivity index (χ1n) is 6.06. The van der Waals surface area contributed by atoms with Gasteiger partial charge in [-0.1, -0.05) is 0 Å². The molecule has 0 aliphatic carbocycles. The highest BCUT2D eigenvalue weighted by atomic mass is 19.1. The third-order valence-corrected chi connectivity index (χ3v) is 2.70. The average molecular weight is 271 g/mol. The van der Waals surface area contributed by atoms with Crippen LogP contribution in [-0.2, 0) is 0 Å². The van der Waals surface area contributed by atoms with Gasteiger partial charge in [0.25, 0.3) is 0 Å². The van der Waals surface area contributed by atoms with E-state index in [-0.39, 0.29) is 11.6 Å². The van der Waals surface area contributed by atoms with Crippen molar-refractivity contribution >= 4 is 11.5 Å². The minimum absolute atomic E-state index is 0.123. The number of ether oxygens (including phenoxy) is 1. The van der Waals surface area contributed by atoms with Crippen LogP contribution in [-0.4, -0.2) is 12.9 Å². The first kappa shape index (κ1) is 13.8. The SMILES string of the molecule is COc1ccc(C(=O)/C=C/Nc2ccc(F)cc2)cc1. The number of benzene rings is 2. The van der Waals surface area contributed by atoms with E-state index in [0.717, 1.165) is 0 Å². The minimum Gasteiger partial charge on any atom is -0.497 e. The normalized spacial score (nSPS) is 10.5. The number of carbonyl (C=O) groups is 1. The number of halogens is 1. The summed E-state index contributed by atoms with van der Waals surface area (Å²) in [5.74, 6) is 0.283. The summed E-state index contributed by atoms with van der Waals surface area (Å²) in [5.41, 5.74) is 1.29. The third kappa shape index (κ3) is 3.68. The maximum atomic E-state index is 12.7. The van der Waals surface area contributed by atoms with Crippen LogP contribution in [0.15, 0.2) is 60.8 Å². The standard InChI is InChI=1S/C16H14FNO2/c1-20-15-8-2-12(3-9-15)16(19)10-11-18-14-6-4-13(17)5-7-14/h2-11,18H,1H3/b11-10+. The van der Waals surface area contributed by atoms with Gasteiger partial charge >= 0.3 is 0 Å².